The van der Waals surface area contributed by atoms with Crippen LogP contribution < -0.4 is 5.73 Å². The molecule has 0 aliphatic heterocycles. The van der Waals surface area contributed by atoms with Crippen molar-refractivity contribution in [2.24, 2.45) is 0 Å². The second-order valence-electron chi connectivity index (χ2n) is 3.10. The molecule has 1 rings (SSSR count). The van der Waals surface area contributed by atoms with Gasteiger partial charge in [0, 0.05) is 17.0 Å². The maximum Gasteiger partial charge on any atom is 0.305 e. The van der Waals surface area contributed by atoms with Gasteiger partial charge in [-0.25, -0.2) is 0 Å². The Morgan fingerprint density at radius 2 is 2.33 bits per heavy atom. The molecule has 0 saturated heterocycles. The zero-order chi connectivity index (χ0) is 11.1. The highest BCUT2D eigenvalue weighted by atomic mass is 32.2. The van der Waals surface area contributed by atoms with Crippen molar-refractivity contribution in [1.82, 2.24) is 0 Å². The molecule has 0 atom stereocenters. The molecular weight excluding hydrogens is 210 g/mol. The molecule has 2 N–H and O–H groups in total. The second kappa shape index (κ2) is 6.35. The number of methoxy groups -OCH3 is 1. The summed E-state index contributed by atoms with van der Waals surface area (Å²) in [6.07, 6.45) is 1.30. The van der Waals surface area contributed by atoms with Crippen LogP contribution in [-0.4, -0.2) is 18.8 Å². The minimum atomic E-state index is -0.150. The summed E-state index contributed by atoms with van der Waals surface area (Å²) in [6.45, 7) is 0. The zero-order valence-corrected chi connectivity index (χ0v) is 9.55. The van der Waals surface area contributed by atoms with E-state index >= 15 is 0 Å². The summed E-state index contributed by atoms with van der Waals surface area (Å²) in [6, 6.07) is 7.73. The van der Waals surface area contributed by atoms with Crippen molar-refractivity contribution in [3.05, 3.63) is 24.3 Å². The minimum absolute atomic E-state index is 0.150. The number of rotatable bonds is 5. The molecule has 0 radical (unpaired) electrons. The number of hydrogen-bond acceptors (Lipinski definition) is 4. The monoisotopic (exact) mass is 225 g/mol. The summed E-state index contributed by atoms with van der Waals surface area (Å²) in [4.78, 5) is 12.0. The first-order valence-electron chi connectivity index (χ1n) is 4.77. The van der Waals surface area contributed by atoms with E-state index in [-0.39, 0.29) is 5.97 Å². The van der Waals surface area contributed by atoms with Gasteiger partial charge in [-0.05, 0) is 30.4 Å². The molecule has 0 heterocycles. The third kappa shape index (κ3) is 4.74. The summed E-state index contributed by atoms with van der Waals surface area (Å²) in [5.74, 6) is 0.752. The summed E-state index contributed by atoms with van der Waals surface area (Å²) in [5.41, 5.74) is 6.42. The smallest absolute Gasteiger partial charge is 0.305 e. The van der Waals surface area contributed by atoms with Crippen LogP contribution in [0.4, 0.5) is 5.69 Å². The van der Waals surface area contributed by atoms with Gasteiger partial charge in [-0.1, -0.05) is 6.07 Å². The fourth-order valence-electron chi connectivity index (χ4n) is 1.11. The molecular formula is C11H15NO2S. The highest BCUT2D eigenvalue weighted by Gasteiger charge is 2.00. The molecule has 0 amide bonds. The van der Waals surface area contributed by atoms with E-state index in [0.717, 1.165) is 22.8 Å². The topological polar surface area (TPSA) is 52.3 Å². The Morgan fingerprint density at radius 1 is 1.53 bits per heavy atom. The van der Waals surface area contributed by atoms with Crippen LogP contribution in [0.15, 0.2) is 29.2 Å². The van der Waals surface area contributed by atoms with Gasteiger partial charge in [0.1, 0.15) is 0 Å². The Kier molecular flexibility index (Phi) is 5.04. The number of carbonyl (C=O) groups is 1. The van der Waals surface area contributed by atoms with E-state index in [2.05, 4.69) is 4.74 Å². The molecule has 82 valence electrons. The second-order valence-corrected chi connectivity index (χ2v) is 4.27. The van der Waals surface area contributed by atoms with Gasteiger partial charge in [-0.15, -0.1) is 11.8 Å². The molecule has 0 fully saturated rings. The number of nitrogen functional groups attached to an aromatic ring is 1. The van der Waals surface area contributed by atoms with Crippen molar-refractivity contribution in [3.8, 4) is 0 Å². The third-order valence-corrected chi connectivity index (χ3v) is 2.96. The predicted molar refractivity (Wildman–Crippen MR) is 62.8 cm³/mol. The standard InChI is InChI=1S/C11H15NO2S/c1-14-11(13)6-3-7-15-10-5-2-4-9(12)8-10/h2,4-5,8H,3,6-7,12H2,1H3. The lowest BCUT2D eigenvalue weighted by Gasteiger charge is -2.02. The number of carbonyl (C=O) groups excluding carboxylic acids is 1. The van der Waals surface area contributed by atoms with E-state index in [1.54, 1.807) is 11.8 Å². The van der Waals surface area contributed by atoms with Crippen molar-refractivity contribution in [2.45, 2.75) is 17.7 Å². The van der Waals surface area contributed by atoms with Gasteiger partial charge in [0.25, 0.3) is 0 Å². The van der Waals surface area contributed by atoms with Gasteiger partial charge < -0.3 is 10.5 Å². The average Bonchev–Trinajstić information content (AvgIpc) is 2.24. The number of benzene rings is 1. The quantitative estimate of drug-likeness (QED) is 0.361. The molecule has 4 heteroatoms. The van der Waals surface area contributed by atoms with Gasteiger partial charge >= 0.3 is 5.97 Å². The van der Waals surface area contributed by atoms with Crippen molar-refractivity contribution < 1.29 is 9.53 Å². The lowest BCUT2D eigenvalue weighted by molar-refractivity contribution is -0.140. The van der Waals surface area contributed by atoms with E-state index in [4.69, 9.17) is 5.73 Å². The largest absolute Gasteiger partial charge is 0.469 e. The van der Waals surface area contributed by atoms with Gasteiger partial charge in [-0.2, -0.15) is 0 Å². The molecule has 0 unspecified atom stereocenters. The SMILES string of the molecule is COC(=O)CCCSc1cccc(N)c1. The fraction of sp³-hybridized carbons (Fsp3) is 0.364. The van der Waals surface area contributed by atoms with E-state index in [1.807, 2.05) is 24.3 Å². The number of thioether (sulfide) groups is 1. The van der Waals surface area contributed by atoms with Gasteiger partial charge in [0.2, 0.25) is 0 Å². The van der Waals surface area contributed by atoms with E-state index < -0.39 is 0 Å². The van der Waals surface area contributed by atoms with Crippen molar-refractivity contribution in [2.75, 3.05) is 18.6 Å². The maximum atomic E-state index is 10.8. The zero-order valence-electron chi connectivity index (χ0n) is 8.73. The van der Waals surface area contributed by atoms with Crippen molar-refractivity contribution in [1.29, 1.82) is 0 Å². The Morgan fingerprint density at radius 3 is 3.00 bits per heavy atom. The molecule has 1 aromatic carbocycles. The van der Waals surface area contributed by atoms with Crippen LogP contribution in [0.2, 0.25) is 0 Å². The fourth-order valence-corrected chi connectivity index (χ4v) is 2.03. The highest BCUT2D eigenvalue weighted by molar-refractivity contribution is 7.99. The van der Waals surface area contributed by atoms with Crippen molar-refractivity contribution in [3.63, 3.8) is 0 Å². The first-order valence-corrected chi connectivity index (χ1v) is 5.76. The highest BCUT2D eigenvalue weighted by Crippen LogP contribution is 2.21. The Hall–Kier alpha value is -1.16. The Labute approximate surface area is 94.0 Å². The third-order valence-electron chi connectivity index (χ3n) is 1.88. The molecule has 1 aromatic rings. The van der Waals surface area contributed by atoms with Gasteiger partial charge in [0.15, 0.2) is 0 Å². The number of anilines is 1. The molecule has 0 aliphatic rings. The van der Waals surface area contributed by atoms with Crippen LogP contribution in [0.1, 0.15) is 12.8 Å². The lowest BCUT2D eigenvalue weighted by Crippen LogP contribution is -1.99. The number of nitrogens with two attached hydrogens (primary N) is 1. The Bertz CT molecular complexity index is 328. The molecule has 0 aliphatic carbocycles. The van der Waals surface area contributed by atoms with Crippen LogP contribution in [0.25, 0.3) is 0 Å². The average molecular weight is 225 g/mol. The lowest BCUT2D eigenvalue weighted by atomic mass is 10.3. The Balaban J connectivity index is 2.23. The number of hydrogen-bond donors (Lipinski definition) is 1. The first kappa shape index (κ1) is 11.9. The van der Waals surface area contributed by atoms with Gasteiger partial charge in [0.05, 0.1) is 7.11 Å². The molecule has 0 saturated carbocycles. The molecule has 0 spiro atoms. The van der Waals surface area contributed by atoms with E-state index in [0.29, 0.717) is 6.42 Å². The molecule has 3 nitrogen and oxygen atoms in total. The summed E-state index contributed by atoms with van der Waals surface area (Å²) >= 11 is 1.70. The summed E-state index contributed by atoms with van der Waals surface area (Å²) < 4.78 is 4.55. The van der Waals surface area contributed by atoms with Gasteiger partial charge in [-0.3, -0.25) is 4.79 Å². The molecule has 0 aromatic heterocycles. The van der Waals surface area contributed by atoms with Crippen LogP contribution in [0.5, 0.6) is 0 Å². The van der Waals surface area contributed by atoms with E-state index in [1.165, 1.54) is 7.11 Å². The number of ether oxygens (including phenoxy) is 1. The normalized spacial score (nSPS) is 9.93. The summed E-state index contributed by atoms with van der Waals surface area (Å²) in [5, 5.41) is 0. The van der Waals surface area contributed by atoms with Crippen LogP contribution >= 0.6 is 11.8 Å². The van der Waals surface area contributed by atoms with Crippen LogP contribution in [0.3, 0.4) is 0 Å². The molecule has 15 heavy (non-hydrogen) atoms. The summed E-state index contributed by atoms with van der Waals surface area (Å²) in [7, 11) is 1.41. The first-order chi connectivity index (χ1) is 7.22. The number of esters is 1. The van der Waals surface area contributed by atoms with Crippen molar-refractivity contribution >= 4 is 23.4 Å². The maximum absolute atomic E-state index is 10.8. The molecule has 0 bridgehead atoms. The van der Waals surface area contributed by atoms with Crippen LogP contribution in [0, 0.1) is 0 Å². The minimum Gasteiger partial charge on any atom is -0.469 e. The van der Waals surface area contributed by atoms with E-state index in [9.17, 15) is 4.79 Å². The predicted octanol–water partition coefficient (Wildman–Crippen LogP) is 2.31. The van der Waals surface area contributed by atoms with Crippen LogP contribution in [-0.2, 0) is 9.53 Å².